The standard InChI is InChI=1S/C18H26N2O3/c1-2-10-20(14-17(21)22)18(23)16-9-6-11-19(13-16)12-15-7-4-3-5-8-15/h3-5,7-8,16H,2,6,9-14H2,1H3,(H,21,22). The SMILES string of the molecule is CCCN(CC(=O)O)C(=O)C1CCCN(Cc2ccccc2)C1. The summed E-state index contributed by atoms with van der Waals surface area (Å²) in [5.74, 6) is -1.03. The predicted molar refractivity (Wildman–Crippen MR) is 88.9 cm³/mol. The third kappa shape index (κ3) is 5.36. The van der Waals surface area contributed by atoms with Crippen LogP contribution in [0.25, 0.3) is 0 Å². The molecule has 126 valence electrons. The molecule has 1 aliphatic heterocycles. The normalized spacial score (nSPS) is 18.6. The van der Waals surface area contributed by atoms with Crippen molar-refractivity contribution >= 4 is 11.9 Å². The quantitative estimate of drug-likeness (QED) is 0.837. The minimum atomic E-state index is -0.941. The Morgan fingerprint density at radius 3 is 2.70 bits per heavy atom. The molecule has 0 radical (unpaired) electrons. The molecule has 0 spiro atoms. The van der Waals surface area contributed by atoms with Crippen molar-refractivity contribution in [3.05, 3.63) is 35.9 Å². The molecule has 1 N–H and O–H groups in total. The highest BCUT2D eigenvalue weighted by Crippen LogP contribution is 2.21. The van der Waals surface area contributed by atoms with Gasteiger partial charge >= 0.3 is 5.97 Å². The van der Waals surface area contributed by atoms with Crippen LogP contribution in [0.5, 0.6) is 0 Å². The highest BCUT2D eigenvalue weighted by atomic mass is 16.4. The number of hydrogen-bond donors (Lipinski definition) is 1. The Hall–Kier alpha value is -1.88. The molecule has 0 aliphatic carbocycles. The van der Waals surface area contributed by atoms with E-state index in [1.54, 1.807) is 0 Å². The second kappa shape index (κ2) is 8.67. The second-order valence-corrected chi connectivity index (χ2v) is 6.21. The number of piperidine rings is 1. The van der Waals surface area contributed by atoms with Crippen LogP contribution in [-0.2, 0) is 16.1 Å². The zero-order valence-corrected chi connectivity index (χ0v) is 13.8. The van der Waals surface area contributed by atoms with Gasteiger partial charge in [0, 0.05) is 19.6 Å². The van der Waals surface area contributed by atoms with Crippen LogP contribution in [0.15, 0.2) is 30.3 Å². The van der Waals surface area contributed by atoms with Gasteiger partial charge in [0.15, 0.2) is 0 Å². The van der Waals surface area contributed by atoms with Crippen molar-refractivity contribution in [2.24, 2.45) is 5.92 Å². The summed E-state index contributed by atoms with van der Waals surface area (Å²) in [6, 6.07) is 10.2. The number of nitrogens with zero attached hydrogens (tertiary/aromatic N) is 2. The lowest BCUT2D eigenvalue weighted by Gasteiger charge is -2.34. The minimum Gasteiger partial charge on any atom is -0.480 e. The van der Waals surface area contributed by atoms with E-state index >= 15 is 0 Å². The summed E-state index contributed by atoms with van der Waals surface area (Å²) in [5.41, 5.74) is 1.25. The number of carbonyl (C=O) groups is 2. The first-order valence-corrected chi connectivity index (χ1v) is 8.37. The van der Waals surface area contributed by atoms with Gasteiger partial charge in [-0.25, -0.2) is 0 Å². The molecule has 0 saturated carbocycles. The molecule has 1 fully saturated rings. The van der Waals surface area contributed by atoms with Crippen LogP contribution in [0.3, 0.4) is 0 Å². The first-order valence-electron chi connectivity index (χ1n) is 8.37. The van der Waals surface area contributed by atoms with Crippen molar-refractivity contribution in [2.45, 2.75) is 32.7 Å². The molecule has 5 heteroatoms. The lowest BCUT2D eigenvalue weighted by atomic mass is 9.96. The van der Waals surface area contributed by atoms with Crippen molar-refractivity contribution < 1.29 is 14.7 Å². The molecule has 1 aromatic carbocycles. The highest BCUT2D eigenvalue weighted by Gasteiger charge is 2.29. The molecular weight excluding hydrogens is 292 g/mol. The molecule has 1 aliphatic rings. The smallest absolute Gasteiger partial charge is 0.323 e. The summed E-state index contributed by atoms with van der Waals surface area (Å²) < 4.78 is 0. The van der Waals surface area contributed by atoms with Crippen LogP contribution >= 0.6 is 0 Å². The summed E-state index contributed by atoms with van der Waals surface area (Å²) in [4.78, 5) is 27.4. The Kier molecular flexibility index (Phi) is 6.59. The monoisotopic (exact) mass is 318 g/mol. The number of likely N-dealkylation sites (tertiary alicyclic amines) is 1. The van der Waals surface area contributed by atoms with Gasteiger partial charge in [0.05, 0.1) is 5.92 Å². The van der Waals surface area contributed by atoms with Gasteiger partial charge in [0.25, 0.3) is 0 Å². The first kappa shape index (κ1) is 17.5. The maximum atomic E-state index is 12.7. The number of benzene rings is 1. The molecule has 23 heavy (non-hydrogen) atoms. The molecule has 0 aromatic heterocycles. The van der Waals surface area contributed by atoms with Crippen LogP contribution in [-0.4, -0.2) is 53.0 Å². The number of hydrogen-bond acceptors (Lipinski definition) is 3. The van der Waals surface area contributed by atoms with Gasteiger partial charge in [-0.3, -0.25) is 14.5 Å². The number of carbonyl (C=O) groups excluding carboxylic acids is 1. The Morgan fingerprint density at radius 2 is 2.04 bits per heavy atom. The van der Waals surface area contributed by atoms with Gasteiger partial charge in [0.2, 0.25) is 5.91 Å². The number of aliphatic carboxylic acids is 1. The van der Waals surface area contributed by atoms with Crippen molar-refractivity contribution in [1.29, 1.82) is 0 Å². The van der Waals surface area contributed by atoms with Crippen molar-refractivity contribution in [2.75, 3.05) is 26.2 Å². The van der Waals surface area contributed by atoms with Gasteiger partial charge in [0.1, 0.15) is 6.54 Å². The van der Waals surface area contributed by atoms with Gasteiger partial charge in [-0.05, 0) is 31.4 Å². The molecule has 1 unspecified atom stereocenters. The Balaban J connectivity index is 1.95. The van der Waals surface area contributed by atoms with E-state index in [0.29, 0.717) is 13.1 Å². The fourth-order valence-corrected chi connectivity index (χ4v) is 3.20. The van der Waals surface area contributed by atoms with Crippen LogP contribution < -0.4 is 0 Å². The fraction of sp³-hybridized carbons (Fsp3) is 0.556. The maximum Gasteiger partial charge on any atom is 0.323 e. The van der Waals surface area contributed by atoms with Crippen molar-refractivity contribution in [1.82, 2.24) is 9.80 Å². The summed E-state index contributed by atoms with van der Waals surface area (Å²) >= 11 is 0. The third-order valence-electron chi connectivity index (χ3n) is 4.24. The Morgan fingerprint density at radius 1 is 1.30 bits per heavy atom. The molecular formula is C18H26N2O3. The lowest BCUT2D eigenvalue weighted by molar-refractivity contribution is -0.147. The predicted octanol–water partition coefficient (Wildman–Crippen LogP) is 2.22. The summed E-state index contributed by atoms with van der Waals surface area (Å²) in [5, 5.41) is 9.00. The van der Waals surface area contributed by atoms with E-state index in [4.69, 9.17) is 5.11 Å². The van der Waals surface area contributed by atoms with Gasteiger partial charge < -0.3 is 10.0 Å². The molecule has 2 rings (SSSR count). The molecule has 1 atom stereocenters. The maximum absolute atomic E-state index is 12.7. The zero-order valence-electron chi connectivity index (χ0n) is 13.8. The Bertz CT molecular complexity index is 518. The Labute approximate surface area is 137 Å². The number of carboxylic acid groups (broad SMARTS) is 1. The third-order valence-corrected chi connectivity index (χ3v) is 4.24. The van der Waals surface area contributed by atoms with Crippen molar-refractivity contribution in [3.63, 3.8) is 0 Å². The number of amides is 1. The fourth-order valence-electron chi connectivity index (χ4n) is 3.20. The van der Waals surface area contributed by atoms with Crippen LogP contribution in [0.4, 0.5) is 0 Å². The number of rotatable bonds is 7. The highest BCUT2D eigenvalue weighted by molar-refractivity contribution is 5.83. The average molecular weight is 318 g/mol. The van der Waals surface area contributed by atoms with E-state index < -0.39 is 5.97 Å². The summed E-state index contributed by atoms with van der Waals surface area (Å²) in [6.45, 7) is 4.84. The summed E-state index contributed by atoms with van der Waals surface area (Å²) in [7, 11) is 0. The van der Waals surface area contributed by atoms with E-state index in [9.17, 15) is 9.59 Å². The first-order chi connectivity index (χ1) is 11.1. The van der Waals surface area contributed by atoms with E-state index in [1.165, 1.54) is 10.5 Å². The zero-order chi connectivity index (χ0) is 16.7. The van der Waals surface area contributed by atoms with Gasteiger partial charge in [-0.2, -0.15) is 0 Å². The molecule has 5 nitrogen and oxygen atoms in total. The topological polar surface area (TPSA) is 60.9 Å². The minimum absolute atomic E-state index is 0.00740. The van der Waals surface area contributed by atoms with Crippen LogP contribution in [0.2, 0.25) is 0 Å². The molecule has 1 amide bonds. The van der Waals surface area contributed by atoms with E-state index in [2.05, 4.69) is 17.0 Å². The second-order valence-electron chi connectivity index (χ2n) is 6.21. The lowest BCUT2D eigenvalue weighted by Crippen LogP contribution is -2.46. The van der Waals surface area contributed by atoms with Crippen LogP contribution in [0.1, 0.15) is 31.7 Å². The van der Waals surface area contributed by atoms with Crippen LogP contribution in [0, 0.1) is 5.92 Å². The number of carboxylic acids is 1. The summed E-state index contributed by atoms with van der Waals surface area (Å²) in [6.07, 6.45) is 2.61. The molecule has 1 aromatic rings. The van der Waals surface area contributed by atoms with Crippen molar-refractivity contribution in [3.8, 4) is 0 Å². The van der Waals surface area contributed by atoms with Gasteiger partial charge in [-0.1, -0.05) is 37.3 Å². The largest absolute Gasteiger partial charge is 0.480 e. The molecule has 1 heterocycles. The molecule has 1 saturated heterocycles. The van der Waals surface area contributed by atoms with E-state index in [0.717, 1.165) is 32.4 Å². The van der Waals surface area contributed by atoms with Gasteiger partial charge in [-0.15, -0.1) is 0 Å². The van der Waals surface area contributed by atoms with E-state index in [1.807, 2.05) is 25.1 Å². The molecule has 0 bridgehead atoms. The van der Waals surface area contributed by atoms with E-state index in [-0.39, 0.29) is 18.4 Å². The average Bonchev–Trinajstić information content (AvgIpc) is 2.54.